The Balaban J connectivity index is 1.48. The van der Waals surface area contributed by atoms with Crippen molar-refractivity contribution in [2.75, 3.05) is 6.54 Å². The van der Waals surface area contributed by atoms with Gasteiger partial charge in [0, 0.05) is 25.0 Å². The second-order valence-corrected chi connectivity index (χ2v) is 6.48. The minimum atomic E-state index is 0.691. The zero-order valence-corrected chi connectivity index (χ0v) is 12.2. The molecule has 2 saturated carbocycles. The van der Waals surface area contributed by atoms with Crippen LogP contribution in [0.3, 0.4) is 0 Å². The van der Waals surface area contributed by atoms with Crippen molar-refractivity contribution in [1.29, 1.82) is 0 Å². The molecule has 1 aromatic rings. The van der Waals surface area contributed by atoms with Gasteiger partial charge in [-0.3, -0.25) is 0 Å². The van der Waals surface area contributed by atoms with Crippen molar-refractivity contribution < 1.29 is 0 Å². The number of rotatable bonds is 5. The summed E-state index contributed by atoms with van der Waals surface area (Å²) in [6.45, 7) is 6.84. The zero-order chi connectivity index (χ0) is 13.2. The number of aromatic nitrogens is 3. The lowest BCUT2D eigenvalue weighted by atomic mass is 9.78. The summed E-state index contributed by atoms with van der Waals surface area (Å²) in [5, 5.41) is 12.1. The Hall–Kier alpha value is -0.900. The van der Waals surface area contributed by atoms with Crippen molar-refractivity contribution in [1.82, 2.24) is 20.1 Å². The third-order valence-electron chi connectivity index (χ3n) is 5.05. The van der Waals surface area contributed by atoms with E-state index in [0.29, 0.717) is 12.0 Å². The Morgan fingerprint density at radius 1 is 1.26 bits per heavy atom. The monoisotopic (exact) mass is 262 g/mol. The topological polar surface area (TPSA) is 42.7 Å². The van der Waals surface area contributed by atoms with Gasteiger partial charge < -0.3 is 9.88 Å². The third kappa shape index (κ3) is 2.99. The predicted molar refractivity (Wildman–Crippen MR) is 76.0 cm³/mol. The number of nitrogens with one attached hydrogen (secondary N) is 1. The summed E-state index contributed by atoms with van der Waals surface area (Å²) in [6, 6.07) is 0.699. The molecule has 0 bridgehead atoms. The summed E-state index contributed by atoms with van der Waals surface area (Å²) in [7, 11) is 0. The molecular formula is C15H26N4. The van der Waals surface area contributed by atoms with E-state index >= 15 is 0 Å². The van der Waals surface area contributed by atoms with Crippen LogP contribution in [0.2, 0.25) is 0 Å². The molecule has 2 fully saturated rings. The maximum absolute atomic E-state index is 4.26. The highest BCUT2D eigenvalue weighted by atomic mass is 15.3. The summed E-state index contributed by atoms with van der Waals surface area (Å²) in [6.07, 6.45) is 8.59. The van der Waals surface area contributed by atoms with E-state index < -0.39 is 0 Å². The fraction of sp³-hybridized carbons (Fsp3) is 0.867. The van der Waals surface area contributed by atoms with Gasteiger partial charge in [-0.2, -0.15) is 0 Å². The molecule has 3 atom stereocenters. The fourth-order valence-corrected chi connectivity index (χ4v) is 3.33. The van der Waals surface area contributed by atoms with Crippen molar-refractivity contribution in [2.24, 2.45) is 11.8 Å². The average molecular weight is 262 g/mol. The van der Waals surface area contributed by atoms with Crippen molar-refractivity contribution in [3.8, 4) is 0 Å². The first-order valence-electron chi connectivity index (χ1n) is 7.87. The molecule has 0 spiro atoms. The highest BCUT2D eigenvalue weighted by Gasteiger charge is 2.29. The Kier molecular flexibility index (Phi) is 3.87. The van der Waals surface area contributed by atoms with Gasteiger partial charge in [-0.25, -0.2) is 0 Å². The summed E-state index contributed by atoms with van der Waals surface area (Å²) >= 11 is 0. The molecule has 2 aliphatic rings. The van der Waals surface area contributed by atoms with Gasteiger partial charge in [0.05, 0.1) is 0 Å². The van der Waals surface area contributed by atoms with Crippen LogP contribution in [0, 0.1) is 11.8 Å². The van der Waals surface area contributed by atoms with E-state index in [2.05, 4.69) is 33.9 Å². The summed E-state index contributed by atoms with van der Waals surface area (Å²) in [4.78, 5) is 0. The van der Waals surface area contributed by atoms with Crippen molar-refractivity contribution in [3.63, 3.8) is 0 Å². The molecule has 0 aliphatic heterocycles. The lowest BCUT2D eigenvalue weighted by Crippen LogP contribution is -2.41. The molecule has 1 aromatic heterocycles. The van der Waals surface area contributed by atoms with Crippen LogP contribution >= 0.6 is 0 Å². The molecule has 0 radical (unpaired) electrons. The van der Waals surface area contributed by atoms with Crippen LogP contribution in [0.4, 0.5) is 0 Å². The average Bonchev–Trinajstić information content (AvgIpc) is 3.15. The van der Waals surface area contributed by atoms with Gasteiger partial charge in [0.1, 0.15) is 12.2 Å². The smallest absolute Gasteiger partial charge is 0.135 e. The molecule has 19 heavy (non-hydrogen) atoms. The van der Waals surface area contributed by atoms with Crippen LogP contribution < -0.4 is 5.32 Å². The fourth-order valence-electron chi connectivity index (χ4n) is 3.33. The largest absolute Gasteiger partial charge is 0.316 e. The minimum Gasteiger partial charge on any atom is -0.316 e. The van der Waals surface area contributed by atoms with E-state index in [4.69, 9.17) is 0 Å². The van der Waals surface area contributed by atoms with Gasteiger partial charge in [-0.1, -0.05) is 26.7 Å². The number of nitrogens with zero attached hydrogens (tertiary/aromatic N) is 3. The molecule has 4 nitrogen and oxygen atoms in total. The quantitative estimate of drug-likeness (QED) is 0.887. The Morgan fingerprint density at radius 3 is 2.89 bits per heavy atom. The molecule has 3 rings (SSSR count). The maximum Gasteiger partial charge on any atom is 0.135 e. The standard InChI is InChI=1S/C15H26N4/c1-11-4-3-5-14(12(11)2)16-8-9-19-10-17-18-15(19)13-6-7-13/h10-14,16H,3-9H2,1-2H3/t11-,12+,14-/m1/s1. The van der Waals surface area contributed by atoms with Gasteiger partial charge >= 0.3 is 0 Å². The maximum atomic E-state index is 4.26. The summed E-state index contributed by atoms with van der Waals surface area (Å²) < 4.78 is 2.24. The van der Waals surface area contributed by atoms with E-state index in [-0.39, 0.29) is 0 Å². The highest BCUT2D eigenvalue weighted by Crippen LogP contribution is 2.38. The van der Waals surface area contributed by atoms with Gasteiger partial charge in [-0.15, -0.1) is 10.2 Å². The highest BCUT2D eigenvalue weighted by molar-refractivity contribution is 5.04. The normalized spacial score (nSPS) is 31.6. The molecule has 1 N–H and O–H groups in total. The van der Waals surface area contributed by atoms with Crippen LogP contribution in [-0.2, 0) is 6.54 Å². The first-order chi connectivity index (χ1) is 9.25. The molecular weight excluding hydrogens is 236 g/mol. The van der Waals surface area contributed by atoms with Crippen LogP contribution in [0.1, 0.15) is 57.7 Å². The third-order valence-corrected chi connectivity index (χ3v) is 5.05. The molecule has 106 valence electrons. The molecule has 4 heteroatoms. The Bertz CT molecular complexity index is 410. The first-order valence-corrected chi connectivity index (χ1v) is 7.87. The van der Waals surface area contributed by atoms with Gasteiger partial charge in [-0.05, 0) is 31.1 Å². The van der Waals surface area contributed by atoms with Crippen LogP contribution in [0.15, 0.2) is 6.33 Å². The predicted octanol–water partition coefficient (Wildman–Crippen LogP) is 2.57. The van der Waals surface area contributed by atoms with E-state index in [1.165, 1.54) is 37.9 Å². The van der Waals surface area contributed by atoms with Crippen LogP contribution in [-0.4, -0.2) is 27.4 Å². The Morgan fingerprint density at radius 2 is 2.11 bits per heavy atom. The van der Waals surface area contributed by atoms with E-state index in [1.807, 2.05) is 6.33 Å². The van der Waals surface area contributed by atoms with Gasteiger partial charge in [0.15, 0.2) is 0 Å². The van der Waals surface area contributed by atoms with Crippen molar-refractivity contribution >= 4 is 0 Å². The Labute approximate surface area is 116 Å². The van der Waals surface area contributed by atoms with Crippen LogP contribution in [0.5, 0.6) is 0 Å². The molecule has 0 saturated heterocycles. The number of hydrogen-bond donors (Lipinski definition) is 1. The number of hydrogen-bond acceptors (Lipinski definition) is 3. The molecule has 1 heterocycles. The van der Waals surface area contributed by atoms with E-state index in [9.17, 15) is 0 Å². The zero-order valence-electron chi connectivity index (χ0n) is 12.2. The summed E-state index contributed by atoms with van der Waals surface area (Å²) in [5.41, 5.74) is 0. The van der Waals surface area contributed by atoms with Crippen molar-refractivity contribution in [2.45, 2.75) is 64.5 Å². The molecule has 0 aromatic carbocycles. The van der Waals surface area contributed by atoms with E-state index in [1.54, 1.807) is 0 Å². The van der Waals surface area contributed by atoms with Gasteiger partial charge in [0.25, 0.3) is 0 Å². The SMILES string of the molecule is C[C@H]1[C@H](C)CCC[C@H]1NCCn1cnnc1C1CC1. The minimum absolute atomic E-state index is 0.691. The lowest BCUT2D eigenvalue weighted by molar-refractivity contribution is 0.206. The molecule has 2 aliphatic carbocycles. The second kappa shape index (κ2) is 5.61. The first kappa shape index (κ1) is 13.1. The van der Waals surface area contributed by atoms with E-state index in [0.717, 1.165) is 24.9 Å². The molecule has 0 unspecified atom stereocenters. The summed E-state index contributed by atoms with van der Waals surface area (Å²) in [5.74, 6) is 3.56. The van der Waals surface area contributed by atoms with Crippen LogP contribution in [0.25, 0.3) is 0 Å². The van der Waals surface area contributed by atoms with Crippen molar-refractivity contribution in [3.05, 3.63) is 12.2 Å². The second-order valence-electron chi connectivity index (χ2n) is 6.48. The lowest BCUT2D eigenvalue weighted by Gasteiger charge is -2.34. The van der Waals surface area contributed by atoms with Gasteiger partial charge in [0.2, 0.25) is 0 Å². The molecule has 0 amide bonds.